The van der Waals surface area contributed by atoms with E-state index in [0.717, 1.165) is 0 Å². The zero-order chi connectivity index (χ0) is 12.3. The smallest absolute Gasteiger partial charge is 0.141 e. The first-order valence-corrected chi connectivity index (χ1v) is 5.01. The molecule has 0 aliphatic carbocycles. The molecule has 17 heavy (non-hydrogen) atoms. The summed E-state index contributed by atoms with van der Waals surface area (Å²) in [5, 5.41) is 28.3. The highest BCUT2D eigenvalue weighted by Crippen LogP contribution is 2.26. The molecule has 0 fully saturated rings. The Morgan fingerprint density at radius 2 is 1.65 bits per heavy atom. The zero-order valence-electron chi connectivity index (χ0n) is 8.91. The molecule has 0 aliphatic heterocycles. The highest BCUT2D eigenvalue weighted by atomic mass is 16.3. The summed E-state index contributed by atoms with van der Waals surface area (Å²) in [6, 6.07) is 10.8. The Hall–Kier alpha value is -2.49. The molecule has 0 bridgehead atoms. The van der Waals surface area contributed by atoms with E-state index in [2.05, 4.69) is 4.99 Å². The Balaban J connectivity index is 2.32. The van der Waals surface area contributed by atoms with Crippen molar-refractivity contribution in [2.75, 3.05) is 0 Å². The maximum Gasteiger partial charge on any atom is 0.141 e. The summed E-state index contributed by atoms with van der Waals surface area (Å²) in [5.41, 5.74) is 0.781. The number of aromatic hydroxyl groups is 3. The molecule has 4 heteroatoms. The average Bonchev–Trinajstić information content (AvgIpc) is 2.32. The van der Waals surface area contributed by atoms with Crippen LogP contribution in [0.1, 0.15) is 5.56 Å². The molecular weight excluding hydrogens is 218 g/mol. The molecule has 0 unspecified atom stereocenters. The van der Waals surface area contributed by atoms with E-state index >= 15 is 0 Å². The molecular formula is C13H11NO3. The summed E-state index contributed by atoms with van der Waals surface area (Å²) in [6.07, 6.45) is 1.38. The van der Waals surface area contributed by atoms with Gasteiger partial charge in [-0.2, -0.15) is 0 Å². The normalized spacial score (nSPS) is 10.8. The van der Waals surface area contributed by atoms with Gasteiger partial charge >= 0.3 is 0 Å². The number of rotatable bonds is 2. The molecule has 86 valence electrons. The van der Waals surface area contributed by atoms with Crippen LogP contribution in [-0.4, -0.2) is 21.5 Å². The quantitative estimate of drug-likeness (QED) is 0.547. The van der Waals surface area contributed by atoms with Crippen molar-refractivity contribution in [2.24, 2.45) is 4.99 Å². The number of aliphatic imine (C=N–C) groups is 1. The monoisotopic (exact) mass is 229 g/mol. The van der Waals surface area contributed by atoms with Gasteiger partial charge in [-0.1, -0.05) is 12.1 Å². The van der Waals surface area contributed by atoms with Crippen molar-refractivity contribution >= 4 is 11.9 Å². The molecule has 0 saturated carbocycles. The number of phenols is 3. The topological polar surface area (TPSA) is 73.0 Å². The van der Waals surface area contributed by atoms with E-state index in [0.29, 0.717) is 11.3 Å². The number of phenolic OH excluding ortho intramolecular Hbond substituents is 3. The van der Waals surface area contributed by atoms with Gasteiger partial charge < -0.3 is 15.3 Å². The third kappa shape index (κ3) is 2.55. The highest BCUT2D eigenvalue weighted by Gasteiger charge is 2.00. The SMILES string of the molecule is Oc1ccc(O)c(/C=N/c2ccccc2O)c1. The van der Waals surface area contributed by atoms with E-state index < -0.39 is 0 Å². The summed E-state index contributed by atoms with van der Waals surface area (Å²) in [5.74, 6) is 0.117. The van der Waals surface area contributed by atoms with Crippen LogP contribution in [0.25, 0.3) is 0 Å². The molecule has 2 aromatic carbocycles. The molecule has 0 heterocycles. The molecule has 4 nitrogen and oxygen atoms in total. The van der Waals surface area contributed by atoms with Crippen molar-refractivity contribution in [3.8, 4) is 17.2 Å². The predicted octanol–water partition coefficient (Wildman–Crippen LogP) is 2.55. The van der Waals surface area contributed by atoms with E-state index in [9.17, 15) is 15.3 Å². The Morgan fingerprint density at radius 1 is 0.882 bits per heavy atom. The van der Waals surface area contributed by atoms with Gasteiger partial charge in [-0.15, -0.1) is 0 Å². The average molecular weight is 229 g/mol. The fourth-order valence-electron chi connectivity index (χ4n) is 1.36. The fourth-order valence-corrected chi connectivity index (χ4v) is 1.36. The van der Waals surface area contributed by atoms with Crippen molar-refractivity contribution in [1.82, 2.24) is 0 Å². The largest absolute Gasteiger partial charge is 0.508 e. The Kier molecular flexibility index (Phi) is 2.96. The van der Waals surface area contributed by atoms with Crippen molar-refractivity contribution in [2.45, 2.75) is 0 Å². The number of hydrogen-bond donors (Lipinski definition) is 3. The predicted molar refractivity (Wildman–Crippen MR) is 65.1 cm³/mol. The van der Waals surface area contributed by atoms with Crippen molar-refractivity contribution in [3.05, 3.63) is 48.0 Å². The third-order valence-corrected chi connectivity index (χ3v) is 2.24. The van der Waals surface area contributed by atoms with Crippen molar-refractivity contribution < 1.29 is 15.3 Å². The van der Waals surface area contributed by atoms with Gasteiger partial charge in [-0.3, -0.25) is 4.99 Å². The first-order chi connectivity index (χ1) is 8.16. The molecule has 0 atom stereocenters. The Morgan fingerprint density at radius 3 is 2.41 bits per heavy atom. The summed E-state index contributed by atoms with van der Waals surface area (Å²) in [6.45, 7) is 0. The molecule has 0 radical (unpaired) electrons. The first kappa shape index (κ1) is 11.0. The highest BCUT2D eigenvalue weighted by molar-refractivity contribution is 5.86. The van der Waals surface area contributed by atoms with Gasteiger partial charge in [0.25, 0.3) is 0 Å². The number of para-hydroxylation sites is 2. The molecule has 0 aromatic heterocycles. The van der Waals surface area contributed by atoms with Gasteiger partial charge in [0.15, 0.2) is 0 Å². The first-order valence-electron chi connectivity index (χ1n) is 5.01. The molecule has 0 aliphatic rings. The minimum absolute atomic E-state index is 0.0157. The molecule has 2 aromatic rings. The van der Waals surface area contributed by atoms with E-state index in [4.69, 9.17) is 0 Å². The van der Waals surface area contributed by atoms with E-state index in [1.807, 2.05) is 0 Å². The summed E-state index contributed by atoms with van der Waals surface area (Å²) < 4.78 is 0. The van der Waals surface area contributed by atoms with E-state index in [-0.39, 0.29) is 17.2 Å². The number of nitrogens with zero attached hydrogens (tertiary/aromatic N) is 1. The number of hydrogen-bond acceptors (Lipinski definition) is 4. The van der Waals surface area contributed by atoms with Crippen LogP contribution in [0.15, 0.2) is 47.5 Å². The molecule has 0 saturated heterocycles. The summed E-state index contributed by atoms with van der Waals surface area (Å²) >= 11 is 0. The Bertz CT molecular complexity index is 564. The van der Waals surface area contributed by atoms with E-state index in [1.54, 1.807) is 18.2 Å². The molecule has 0 amide bonds. The summed E-state index contributed by atoms with van der Waals surface area (Å²) in [7, 11) is 0. The molecule has 2 rings (SSSR count). The van der Waals surface area contributed by atoms with Crippen LogP contribution in [0, 0.1) is 0 Å². The van der Waals surface area contributed by atoms with Crippen molar-refractivity contribution in [1.29, 1.82) is 0 Å². The van der Waals surface area contributed by atoms with Gasteiger partial charge in [0.2, 0.25) is 0 Å². The van der Waals surface area contributed by atoms with Crippen LogP contribution in [0.4, 0.5) is 5.69 Å². The zero-order valence-corrected chi connectivity index (χ0v) is 8.91. The van der Waals surface area contributed by atoms with Gasteiger partial charge in [-0.25, -0.2) is 0 Å². The molecule has 0 spiro atoms. The van der Waals surface area contributed by atoms with Crippen LogP contribution in [0.5, 0.6) is 17.2 Å². The minimum Gasteiger partial charge on any atom is -0.508 e. The lowest BCUT2D eigenvalue weighted by molar-refractivity contribution is 0.459. The van der Waals surface area contributed by atoms with Crippen LogP contribution >= 0.6 is 0 Å². The lowest BCUT2D eigenvalue weighted by Crippen LogP contribution is -1.81. The lowest BCUT2D eigenvalue weighted by atomic mass is 10.2. The van der Waals surface area contributed by atoms with Crippen LogP contribution in [0.3, 0.4) is 0 Å². The fraction of sp³-hybridized carbons (Fsp3) is 0. The van der Waals surface area contributed by atoms with Crippen LogP contribution < -0.4 is 0 Å². The van der Waals surface area contributed by atoms with Gasteiger partial charge in [0.1, 0.15) is 22.9 Å². The van der Waals surface area contributed by atoms with Crippen LogP contribution in [-0.2, 0) is 0 Å². The summed E-state index contributed by atoms with van der Waals surface area (Å²) in [4.78, 5) is 4.03. The van der Waals surface area contributed by atoms with E-state index in [1.165, 1.54) is 30.5 Å². The number of benzene rings is 2. The second kappa shape index (κ2) is 4.57. The van der Waals surface area contributed by atoms with Gasteiger partial charge in [-0.05, 0) is 30.3 Å². The second-order valence-electron chi connectivity index (χ2n) is 3.49. The standard InChI is InChI=1S/C13H11NO3/c15-10-5-6-12(16)9(7-10)8-14-11-3-1-2-4-13(11)17/h1-8,15-17H/b14-8+. The van der Waals surface area contributed by atoms with Crippen molar-refractivity contribution in [3.63, 3.8) is 0 Å². The maximum atomic E-state index is 9.52. The van der Waals surface area contributed by atoms with Gasteiger partial charge in [0, 0.05) is 11.8 Å². The minimum atomic E-state index is 0.0157. The lowest BCUT2D eigenvalue weighted by Gasteiger charge is -2.00. The molecule has 3 N–H and O–H groups in total. The maximum absolute atomic E-state index is 9.52. The van der Waals surface area contributed by atoms with Crippen LogP contribution in [0.2, 0.25) is 0 Å². The second-order valence-corrected chi connectivity index (χ2v) is 3.49. The Labute approximate surface area is 98.1 Å². The third-order valence-electron chi connectivity index (χ3n) is 2.24. The van der Waals surface area contributed by atoms with Gasteiger partial charge in [0.05, 0.1) is 0 Å².